The van der Waals surface area contributed by atoms with E-state index >= 15 is 0 Å². The SMILES string of the molecule is CCC(C)[C@H](N)C=N. The molecule has 0 fully saturated rings. The highest BCUT2D eigenvalue weighted by molar-refractivity contribution is 5.60. The molecule has 0 aliphatic carbocycles. The Morgan fingerprint density at radius 3 is 2.38 bits per heavy atom. The van der Waals surface area contributed by atoms with Gasteiger partial charge in [-0.3, -0.25) is 0 Å². The molecule has 0 aromatic rings. The molecule has 0 aromatic heterocycles. The Balaban J connectivity index is 3.44. The van der Waals surface area contributed by atoms with Crippen LogP contribution >= 0.6 is 0 Å². The summed E-state index contributed by atoms with van der Waals surface area (Å²) in [6, 6.07) is -0.0417. The Morgan fingerprint density at radius 1 is 1.75 bits per heavy atom. The van der Waals surface area contributed by atoms with Gasteiger partial charge in [-0.2, -0.15) is 0 Å². The highest BCUT2D eigenvalue weighted by atomic mass is 14.7. The zero-order chi connectivity index (χ0) is 6.57. The maximum atomic E-state index is 6.79. The third kappa shape index (κ3) is 2.07. The Bertz CT molecular complexity index is 70.9. The zero-order valence-electron chi connectivity index (χ0n) is 5.52. The van der Waals surface area contributed by atoms with E-state index in [4.69, 9.17) is 11.1 Å². The second-order valence-electron chi connectivity index (χ2n) is 2.13. The molecule has 0 saturated carbocycles. The molecule has 1 unspecified atom stereocenters. The molecule has 0 aromatic carbocycles. The van der Waals surface area contributed by atoms with Crippen LogP contribution in [0.1, 0.15) is 20.3 Å². The molecule has 0 radical (unpaired) electrons. The molecule has 0 bridgehead atoms. The largest absolute Gasteiger partial charge is 0.323 e. The van der Waals surface area contributed by atoms with Crippen LogP contribution < -0.4 is 5.73 Å². The number of hydrogen-bond donors (Lipinski definition) is 2. The normalized spacial score (nSPS) is 17.4. The van der Waals surface area contributed by atoms with E-state index in [2.05, 4.69) is 13.8 Å². The van der Waals surface area contributed by atoms with Gasteiger partial charge in [-0.1, -0.05) is 20.3 Å². The van der Waals surface area contributed by atoms with E-state index < -0.39 is 0 Å². The summed E-state index contributed by atoms with van der Waals surface area (Å²) in [7, 11) is 0. The van der Waals surface area contributed by atoms with Crippen molar-refractivity contribution >= 4 is 6.21 Å². The smallest absolute Gasteiger partial charge is 0.0418 e. The van der Waals surface area contributed by atoms with Crippen LogP contribution in [0.15, 0.2) is 0 Å². The lowest BCUT2D eigenvalue weighted by molar-refractivity contribution is 0.527. The Hall–Kier alpha value is -0.370. The van der Waals surface area contributed by atoms with Gasteiger partial charge in [-0.15, -0.1) is 0 Å². The van der Waals surface area contributed by atoms with Gasteiger partial charge < -0.3 is 11.1 Å². The summed E-state index contributed by atoms with van der Waals surface area (Å²) in [4.78, 5) is 0. The van der Waals surface area contributed by atoms with Crippen LogP contribution in [0.25, 0.3) is 0 Å². The minimum atomic E-state index is -0.0417. The molecular formula is C6H14N2. The van der Waals surface area contributed by atoms with Crippen LogP contribution in [-0.2, 0) is 0 Å². The van der Waals surface area contributed by atoms with E-state index in [9.17, 15) is 0 Å². The highest BCUT2D eigenvalue weighted by Crippen LogP contribution is 2.01. The Labute approximate surface area is 50.6 Å². The maximum Gasteiger partial charge on any atom is 0.0418 e. The Morgan fingerprint density at radius 2 is 2.25 bits per heavy atom. The van der Waals surface area contributed by atoms with Crippen LogP contribution in [0.4, 0.5) is 0 Å². The van der Waals surface area contributed by atoms with Gasteiger partial charge in [-0.05, 0) is 5.92 Å². The number of hydrogen-bond acceptors (Lipinski definition) is 2. The van der Waals surface area contributed by atoms with Crippen molar-refractivity contribution in [2.75, 3.05) is 0 Å². The molecule has 8 heavy (non-hydrogen) atoms. The molecule has 48 valence electrons. The van der Waals surface area contributed by atoms with Crippen LogP contribution in [0.2, 0.25) is 0 Å². The van der Waals surface area contributed by atoms with Gasteiger partial charge in [0.05, 0.1) is 0 Å². The third-order valence-corrected chi connectivity index (χ3v) is 1.49. The first-order valence-electron chi connectivity index (χ1n) is 2.98. The van der Waals surface area contributed by atoms with Crippen molar-refractivity contribution in [3.05, 3.63) is 0 Å². The second-order valence-corrected chi connectivity index (χ2v) is 2.13. The van der Waals surface area contributed by atoms with Gasteiger partial charge in [-0.25, -0.2) is 0 Å². The summed E-state index contributed by atoms with van der Waals surface area (Å²) in [5.74, 6) is 0.451. The van der Waals surface area contributed by atoms with Gasteiger partial charge in [0.2, 0.25) is 0 Å². The molecule has 2 atom stereocenters. The molecule has 2 heteroatoms. The van der Waals surface area contributed by atoms with Crippen molar-refractivity contribution < 1.29 is 0 Å². The first-order valence-corrected chi connectivity index (χ1v) is 2.98. The first kappa shape index (κ1) is 7.63. The first-order chi connectivity index (χ1) is 3.72. The monoisotopic (exact) mass is 114 g/mol. The number of nitrogens with one attached hydrogen (secondary N) is 1. The van der Waals surface area contributed by atoms with Gasteiger partial charge in [0.15, 0.2) is 0 Å². The topological polar surface area (TPSA) is 49.9 Å². The molecule has 0 heterocycles. The van der Waals surface area contributed by atoms with Gasteiger partial charge in [0.1, 0.15) is 0 Å². The number of nitrogens with two attached hydrogens (primary N) is 1. The fourth-order valence-corrected chi connectivity index (χ4v) is 0.436. The summed E-state index contributed by atoms with van der Waals surface area (Å²) in [6.07, 6.45) is 2.35. The standard InChI is InChI=1S/C6H14N2/c1-3-5(2)6(8)4-7/h4-7H,3,8H2,1-2H3/t5?,6-/m1/s1. The second kappa shape index (κ2) is 3.61. The molecule has 0 saturated heterocycles. The molecule has 0 aliphatic heterocycles. The predicted molar refractivity (Wildman–Crippen MR) is 36.2 cm³/mol. The van der Waals surface area contributed by atoms with Crippen molar-refractivity contribution in [3.8, 4) is 0 Å². The lowest BCUT2D eigenvalue weighted by atomic mass is 10.0. The molecule has 0 spiro atoms. The fraction of sp³-hybridized carbons (Fsp3) is 0.833. The van der Waals surface area contributed by atoms with E-state index in [1.807, 2.05) is 0 Å². The minimum absolute atomic E-state index is 0.0417. The predicted octanol–water partition coefficient (Wildman–Crippen LogP) is 1.01. The molecule has 2 nitrogen and oxygen atoms in total. The van der Waals surface area contributed by atoms with Crippen LogP contribution in [-0.4, -0.2) is 12.3 Å². The van der Waals surface area contributed by atoms with Crippen molar-refractivity contribution in [2.45, 2.75) is 26.3 Å². The summed E-state index contributed by atoms with van der Waals surface area (Å²) < 4.78 is 0. The zero-order valence-corrected chi connectivity index (χ0v) is 5.52. The molecular weight excluding hydrogens is 100 g/mol. The lowest BCUT2D eigenvalue weighted by Crippen LogP contribution is -2.28. The quantitative estimate of drug-likeness (QED) is 0.528. The van der Waals surface area contributed by atoms with Crippen molar-refractivity contribution in [1.82, 2.24) is 0 Å². The van der Waals surface area contributed by atoms with E-state index in [-0.39, 0.29) is 6.04 Å². The summed E-state index contributed by atoms with van der Waals surface area (Å²) in [5, 5.41) is 6.79. The highest BCUT2D eigenvalue weighted by Gasteiger charge is 2.05. The van der Waals surface area contributed by atoms with Crippen molar-refractivity contribution in [1.29, 1.82) is 5.41 Å². The summed E-state index contributed by atoms with van der Waals surface area (Å²) in [6.45, 7) is 4.13. The molecule has 0 rings (SSSR count). The molecule has 3 N–H and O–H groups in total. The third-order valence-electron chi connectivity index (χ3n) is 1.49. The molecule has 0 amide bonds. The van der Waals surface area contributed by atoms with E-state index in [0.29, 0.717) is 5.92 Å². The van der Waals surface area contributed by atoms with E-state index in [0.717, 1.165) is 6.42 Å². The van der Waals surface area contributed by atoms with Gasteiger partial charge >= 0.3 is 0 Å². The molecule has 0 aliphatic rings. The Kier molecular flexibility index (Phi) is 3.44. The summed E-state index contributed by atoms with van der Waals surface area (Å²) >= 11 is 0. The minimum Gasteiger partial charge on any atom is -0.323 e. The summed E-state index contributed by atoms with van der Waals surface area (Å²) in [5.41, 5.74) is 5.48. The number of rotatable bonds is 3. The van der Waals surface area contributed by atoms with E-state index in [1.165, 1.54) is 6.21 Å². The van der Waals surface area contributed by atoms with Crippen LogP contribution in [0.5, 0.6) is 0 Å². The van der Waals surface area contributed by atoms with Crippen molar-refractivity contribution in [3.63, 3.8) is 0 Å². The maximum absolute atomic E-state index is 6.79. The van der Waals surface area contributed by atoms with Gasteiger partial charge in [0.25, 0.3) is 0 Å². The van der Waals surface area contributed by atoms with E-state index in [1.54, 1.807) is 0 Å². The van der Waals surface area contributed by atoms with Gasteiger partial charge in [0, 0.05) is 12.3 Å². The van der Waals surface area contributed by atoms with Crippen LogP contribution in [0.3, 0.4) is 0 Å². The van der Waals surface area contributed by atoms with Crippen LogP contribution in [0, 0.1) is 11.3 Å². The fourth-order valence-electron chi connectivity index (χ4n) is 0.436. The lowest BCUT2D eigenvalue weighted by Gasteiger charge is -2.11. The average Bonchev–Trinajstić information content (AvgIpc) is 1.84. The average molecular weight is 114 g/mol. The van der Waals surface area contributed by atoms with Crippen molar-refractivity contribution in [2.24, 2.45) is 11.7 Å².